The van der Waals surface area contributed by atoms with E-state index in [9.17, 15) is 0 Å². The first-order chi connectivity index (χ1) is 8.12. The van der Waals surface area contributed by atoms with Gasteiger partial charge in [0.2, 0.25) is 0 Å². The monoisotopic (exact) mass is 233 g/mol. The van der Waals surface area contributed by atoms with E-state index in [-0.39, 0.29) is 5.41 Å². The van der Waals surface area contributed by atoms with Crippen molar-refractivity contribution in [2.75, 3.05) is 18.9 Å². The van der Waals surface area contributed by atoms with Crippen LogP contribution in [0.15, 0.2) is 12.1 Å². The van der Waals surface area contributed by atoms with Gasteiger partial charge in [0.1, 0.15) is 11.6 Å². The van der Waals surface area contributed by atoms with Crippen LogP contribution in [0.3, 0.4) is 0 Å². The Morgan fingerprint density at radius 2 is 2.18 bits per heavy atom. The van der Waals surface area contributed by atoms with E-state index >= 15 is 0 Å². The van der Waals surface area contributed by atoms with E-state index in [0.717, 1.165) is 29.2 Å². The fraction of sp³-hybridized carbons (Fsp3) is 0.500. The molecule has 0 amide bonds. The maximum absolute atomic E-state index is 5.83. The van der Waals surface area contributed by atoms with Crippen LogP contribution in [0.5, 0.6) is 0 Å². The second kappa shape index (κ2) is 4.33. The third-order valence-corrected chi connectivity index (χ3v) is 3.40. The summed E-state index contributed by atoms with van der Waals surface area (Å²) in [5.41, 5.74) is 7.41. The van der Waals surface area contributed by atoms with Crippen LogP contribution < -0.4 is 11.1 Å². The second-order valence-electron chi connectivity index (χ2n) is 4.52. The maximum atomic E-state index is 5.83. The number of aromatic amines is 1. The standard InChI is InChI=1S/C12H19N5/c1-4-12(2,7-13)11-15-8-5-6-9(14-3)16-10(8)17-11/h5-6H,4,7,13H2,1-3H3,(H2,14,15,16,17). The first kappa shape index (κ1) is 11.9. The van der Waals surface area contributed by atoms with Gasteiger partial charge in [0.15, 0.2) is 5.65 Å². The quantitative estimate of drug-likeness (QED) is 0.749. The molecule has 2 aromatic rings. The summed E-state index contributed by atoms with van der Waals surface area (Å²) >= 11 is 0. The highest BCUT2D eigenvalue weighted by atomic mass is 15.0. The number of hydrogen-bond donors (Lipinski definition) is 3. The molecule has 0 saturated heterocycles. The van der Waals surface area contributed by atoms with E-state index in [0.29, 0.717) is 6.54 Å². The molecular weight excluding hydrogens is 214 g/mol. The van der Waals surface area contributed by atoms with Crippen LogP contribution in [-0.2, 0) is 5.41 Å². The SMILES string of the molecule is CCC(C)(CN)c1nc2nc(NC)ccc2[nH]1. The Labute approximate surface area is 101 Å². The van der Waals surface area contributed by atoms with E-state index in [1.54, 1.807) is 0 Å². The normalized spacial score (nSPS) is 14.8. The van der Waals surface area contributed by atoms with Gasteiger partial charge >= 0.3 is 0 Å². The topological polar surface area (TPSA) is 79.6 Å². The molecule has 0 aliphatic heterocycles. The van der Waals surface area contributed by atoms with E-state index in [1.165, 1.54) is 0 Å². The molecule has 0 spiro atoms. The lowest BCUT2D eigenvalue weighted by atomic mass is 9.87. The molecule has 0 aliphatic rings. The van der Waals surface area contributed by atoms with Gasteiger partial charge in [-0.2, -0.15) is 0 Å². The van der Waals surface area contributed by atoms with Gasteiger partial charge in [-0.25, -0.2) is 9.97 Å². The van der Waals surface area contributed by atoms with Crippen molar-refractivity contribution in [1.29, 1.82) is 0 Å². The number of imidazole rings is 1. The summed E-state index contributed by atoms with van der Waals surface area (Å²) in [7, 11) is 1.85. The van der Waals surface area contributed by atoms with Crippen LogP contribution in [0.25, 0.3) is 11.2 Å². The van der Waals surface area contributed by atoms with Gasteiger partial charge in [0.05, 0.1) is 5.52 Å². The zero-order chi connectivity index (χ0) is 12.5. The van der Waals surface area contributed by atoms with Crippen LogP contribution in [0.1, 0.15) is 26.1 Å². The summed E-state index contributed by atoms with van der Waals surface area (Å²) in [6.07, 6.45) is 0.947. The third-order valence-electron chi connectivity index (χ3n) is 3.40. The molecule has 1 unspecified atom stereocenters. The van der Waals surface area contributed by atoms with E-state index in [1.807, 2.05) is 19.2 Å². The van der Waals surface area contributed by atoms with Crippen molar-refractivity contribution in [1.82, 2.24) is 15.0 Å². The van der Waals surface area contributed by atoms with Gasteiger partial charge in [-0.05, 0) is 18.6 Å². The number of aromatic nitrogens is 3. The Kier molecular flexibility index (Phi) is 3.02. The smallest absolute Gasteiger partial charge is 0.179 e. The summed E-state index contributed by atoms with van der Waals surface area (Å²) in [5.74, 6) is 1.74. The lowest BCUT2D eigenvalue weighted by Gasteiger charge is -2.23. The number of nitrogens with zero attached hydrogens (tertiary/aromatic N) is 2. The number of anilines is 1. The predicted molar refractivity (Wildman–Crippen MR) is 70.1 cm³/mol. The molecular formula is C12H19N5. The highest BCUT2D eigenvalue weighted by Crippen LogP contribution is 2.25. The zero-order valence-corrected chi connectivity index (χ0v) is 10.5. The Balaban J connectivity index is 2.50. The molecule has 0 aliphatic carbocycles. The summed E-state index contributed by atoms with van der Waals surface area (Å²) < 4.78 is 0. The molecule has 5 heteroatoms. The molecule has 0 radical (unpaired) electrons. The molecule has 2 heterocycles. The van der Waals surface area contributed by atoms with Gasteiger partial charge in [-0.15, -0.1) is 0 Å². The fourth-order valence-electron chi connectivity index (χ4n) is 1.73. The van der Waals surface area contributed by atoms with Crippen molar-refractivity contribution in [3.63, 3.8) is 0 Å². The fourth-order valence-corrected chi connectivity index (χ4v) is 1.73. The Bertz CT molecular complexity index is 513. The average molecular weight is 233 g/mol. The molecule has 0 fully saturated rings. The predicted octanol–water partition coefficient (Wildman–Crippen LogP) is 1.63. The van der Waals surface area contributed by atoms with Crippen LogP contribution in [0.4, 0.5) is 5.82 Å². The second-order valence-corrected chi connectivity index (χ2v) is 4.52. The Morgan fingerprint density at radius 1 is 1.41 bits per heavy atom. The van der Waals surface area contributed by atoms with Crippen molar-refractivity contribution in [3.8, 4) is 0 Å². The molecule has 1 atom stereocenters. The molecule has 4 N–H and O–H groups in total. The molecule has 5 nitrogen and oxygen atoms in total. The number of H-pyrrole nitrogens is 1. The Hall–Kier alpha value is -1.62. The molecule has 0 saturated carbocycles. The average Bonchev–Trinajstić information content (AvgIpc) is 2.80. The number of fused-ring (bicyclic) bond motifs is 1. The molecule has 92 valence electrons. The largest absolute Gasteiger partial charge is 0.373 e. The first-order valence-electron chi connectivity index (χ1n) is 5.88. The lowest BCUT2D eigenvalue weighted by molar-refractivity contribution is 0.443. The van der Waals surface area contributed by atoms with Crippen LogP contribution in [-0.4, -0.2) is 28.5 Å². The summed E-state index contributed by atoms with van der Waals surface area (Å²) in [5, 5.41) is 3.01. The van der Waals surface area contributed by atoms with Gasteiger partial charge in [0, 0.05) is 19.0 Å². The Morgan fingerprint density at radius 3 is 2.76 bits per heavy atom. The van der Waals surface area contributed by atoms with Crippen molar-refractivity contribution in [2.45, 2.75) is 25.7 Å². The van der Waals surface area contributed by atoms with Crippen LogP contribution in [0.2, 0.25) is 0 Å². The minimum Gasteiger partial charge on any atom is -0.373 e. The summed E-state index contributed by atoms with van der Waals surface area (Å²) in [6.45, 7) is 4.80. The van der Waals surface area contributed by atoms with Crippen molar-refractivity contribution in [2.24, 2.45) is 5.73 Å². The molecule has 17 heavy (non-hydrogen) atoms. The van der Waals surface area contributed by atoms with Crippen molar-refractivity contribution >= 4 is 17.0 Å². The molecule has 0 bridgehead atoms. The molecule has 2 aromatic heterocycles. The number of pyridine rings is 1. The van der Waals surface area contributed by atoms with E-state index in [4.69, 9.17) is 5.73 Å². The molecule has 2 rings (SSSR count). The van der Waals surface area contributed by atoms with E-state index < -0.39 is 0 Å². The number of nitrogens with two attached hydrogens (primary N) is 1. The van der Waals surface area contributed by atoms with Crippen LogP contribution >= 0.6 is 0 Å². The lowest BCUT2D eigenvalue weighted by Crippen LogP contribution is -2.32. The van der Waals surface area contributed by atoms with Crippen molar-refractivity contribution < 1.29 is 0 Å². The van der Waals surface area contributed by atoms with Crippen molar-refractivity contribution in [3.05, 3.63) is 18.0 Å². The minimum absolute atomic E-state index is 0.111. The zero-order valence-electron chi connectivity index (χ0n) is 10.5. The molecule has 0 aromatic carbocycles. The highest BCUT2D eigenvalue weighted by molar-refractivity contribution is 5.73. The highest BCUT2D eigenvalue weighted by Gasteiger charge is 2.26. The van der Waals surface area contributed by atoms with E-state index in [2.05, 4.69) is 34.1 Å². The van der Waals surface area contributed by atoms with Gasteiger partial charge in [0.25, 0.3) is 0 Å². The van der Waals surface area contributed by atoms with Gasteiger partial charge < -0.3 is 16.0 Å². The number of nitrogens with one attached hydrogen (secondary N) is 2. The number of rotatable bonds is 4. The maximum Gasteiger partial charge on any atom is 0.179 e. The van der Waals surface area contributed by atoms with Gasteiger partial charge in [-0.3, -0.25) is 0 Å². The first-order valence-corrected chi connectivity index (χ1v) is 5.88. The third kappa shape index (κ3) is 1.98. The van der Waals surface area contributed by atoms with Crippen LogP contribution in [0, 0.1) is 0 Å². The van der Waals surface area contributed by atoms with Gasteiger partial charge in [-0.1, -0.05) is 13.8 Å². The number of hydrogen-bond acceptors (Lipinski definition) is 4. The summed E-state index contributed by atoms with van der Waals surface area (Å²) in [4.78, 5) is 12.3. The minimum atomic E-state index is -0.111. The summed E-state index contributed by atoms with van der Waals surface area (Å²) in [6, 6.07) is 3.91.